The minimum atomic E-state index is 0.0812. The zero-order chi connectivity index (χ0) is 13.8. The van der Waals surface area contributed by atoms with Gasteiger partial charge in [0, 0.05) is 29.5 Å². The van der Waals surface area contributed by atoms with Gasteiger partial charge in [-0.15, -0.1) is 0 Å². The molecule has 19 heavy (non-hydrogen) atoms. The number of aromatic nitrogens is 2. The highest BCUT2D eigenvalue weighted by molar-refractivity contribution is 6.30. The van der Waals surface area contributed by atoms with Crippen LogP contribution in [0.15, 0.2) is 30.6 Å². The lowest BCUT2D eigenvalue weighted by Crippen LogP contribution is -2.11. The Balaban J connectivity index is 2.18. The van der Waals surface area contributed by atoms with Gasteiger partial charge in [-0.25, -0.2) is 4.98 Å². The van der Waals surface area contributed by atoms with E-state index < -0.39 is 0 Å². The summed E-state index contributed by atoms with van der Waals surface area (Å²) in [5, 5.41) is 0.654. The normalized spacial score (nSPS) is 10.7. The number of hydrogen-bond donors (Lipinski definition) is 0. The van der Waals surface area contributed by atoms with Crippen LogP contribution in [0.1, 0.15) is 35.1 Å². The molecule has 0 amide bonds. The Bertz CT molecular complexity index is 590. The highest BCUT2D eigenvalue weighted by Gasteiger charge is 2.13. The van der Waals surface area contributed by atoms with E-state index in [0.29, 0.717) is 11.4 Å². The molecule has 0 bridgehead atoms. The van der Waals surface area contributed by atoms with E-state index in [2.05, 4.69) is 11.9 Å². The van der Waals surface area contributed by atoms with E-state index in [1.807, 2.05) is 23.8 Å². The number of ketones is 1. The van der Waals surface area contributed by atoms with E-state index >= 15 is 0 Å². The van der Waals surface area contributed by atoms with Crippen LogP contribution in [-0.4, -0.2) is 15.3 Å². The molecule has 0 atom stereocenters. The van der Waals surface area contributed by atoms with E-state index in [-0.39, 0.29) is 5.78 Å². The summed E-state index contributed by atoms with van der Waals surface area (Å²) in [4.78, 5) is 16.6. The number of carbonyl (C=O) groups is 1. The van der Waals surface area contributed by atoms with Crippen molar-refractivity contribution < 1.29 is 4.79 Å². The van der Waals surface area contributed by atoms with Gasteiger partial charge in [-0.05, 0) is 37.1 Å². The zero-order valence-corrected chi connectivity index (χ0v) is 11.9. The maximum Gasteiger partial charge on any atom is 0.170 e. The summed E-state index contributed by atoms with van der Waals surface area (Å²) >= 11 is 5.90. The summed E-state index contributed by atoms with van der Waals surface area (Å²) < 4.78 is 2.03. The Labute approximate surface area is 118 Å². The third kappa shape index (κ3) is 3.24. The molecule has 4 heteroatoms. The van der Waals surface area contributed by atoms with Crippen LogP contribution in [0, 0.1) is 6.92 Å². The summed E-state index contributed by atoms with van der Waals surface area (Å²) in [6.45, 7) is 4.90. The average Bonchev–Trinajstić information content (AvgIpc) is 2.77. The van der Waals surface area contributed by atoms with Gasteiger partial charge in [0.05, 0.1) is 6.42 Å². The van der Waals surface area contributed by atoms with Crippen LogP contribution < -0.4 is 0 Å². The number of benzene rings is 1. The fourth-order valence-corrected chi connectivity index (χ4v) is 2.36. The lowest BCUT2D eigenvalue weighted by molar-refractivity contribution is 0.0989. The van der Waals surface area contributed by atoms with E-state index in [1.54, 1.807) is 18.3 Å². The molecular formula is C15H17ClN2O. The Hall–Kier alpha value is -1.61. The predicted octanol–water partition coefficient (Wildman–Crippen LogP) is 3.68. The Morgan fingerprint density at radius 2 is 2.21 bits per heavy atom. The Morgan fingerprint density at radius 1 is 1.42 bits per heavy atom. The lowest BCUT2D eigenvalue weighted by atomic mass is 10.0. The van der Waals surface area contributed by atoms with Crippen LogP contribution in [0.5, 0.6) is 0 Å². The van der Waals surface area contributed by atoms with Gasteiger partial charge < -0.3 is 4.57 Å². The first-order valence-electron chi connectivity index (χ1n) is 6.41. The monoisotopic (exact) mass is 276 g/mol. The van der Waals surface area contributed by atoms with Gasteiger partial charge in [0.25, 0.3) is 0 Å². The molecule has 2 rings (SSSR count). The van der Waals surface area contributed by atoms with Crippen LogP contribution in [0.4, 0.5) is 0 Å². The van der Waals surface area contributed by atoms with E-state index in [9.17, 15) is 4.79 Å². The number of Topliss-reactive ketones (excluding diaryl/α,β-unsaturated/α-hetero) is 1. The molecule has 3 nitrogen and oxygen atoms in total. The number of rotatable bonds is 5. The standard InChI is InChI=1S/C15H17ClN2O/c1-3-7-18-8-6-17-15(18)10-14(19)13-5-4-12(16)9-11(13)2/h4-6,8-9H,3,7,10H2,1-2H3. The van der Waals surface area contributed by atoms with Crippen molar-refractivity contribution in [2.75, 3.05) is 0 Å². The van der Waals surface area contributed by atoms with Crippen LogP contribution >= 0.6 is 11.6 Å². The smallest absolute Gasteiger partial charge is 0.170 e. The molecule has 100 valence electrons. The van der Waals surface area contributed by atoms with Crippen LogP contribution in [0.25, 0.3) is 0 Å². The highest BCUT2D eigenvalue weighted by Crippen LogP contribution is 2.17. The van der Waals surface area contributed by atoms with E-state index in [1.165, 1.54) is 0 Å². The van der Waals surface area contributed by atoms with Gasteiger partial charge >= 0.3 is 0 Å². The minimum absolute atomic E-state index is 0.0812. The molecule has 0 spiro atoms. The molecule has 0 N–H and O–H groups in total. The van der Waals surface area contributed by atoms with Crippen molar-refractivity contribution in [1.29, 1.82) is 0 Å². The van der Waals surface area contributed by atoms with Crippen LogP contribution in [0.2, 0.25) is 5.02 Å². The third-order valence-corrected chi connectivity index (χ3v) is 3.31. The lowest BCUT2D eigenvalue weighted by Gasteiger charge is -2.07. The topological polar surface area (TPSA) is 34.9 Å². The van der Waals surface area contributed by atoms with E-state index in [4.69, 9.17) is 11.6 Å². The SMILES string of the molecule is CCCn1ccnc1CC(=O)c1ccc(Cl)cc1C. The number of carbonyl (C=O) groups excluding carboxylic acids is 1. The molecular weight excluding hydrogens is 260 g/mol. The summed E-state index contributed by atoms with van der Waals surface area (Å²) in [5.41, 5.74) is 1.63. The highest BCUT2D eigenvalue weighted by atomic mass is 35.5. The summed E-state index contributed by atoms with van der Waals surface area (Å²) in [7, 11) is 0. The molecule has 1 aromatic carbocycles. The molecule has 2 aromatic rings. The van der Waals surface area contributed by atoms with Gasteiger partial charge in [-0.2, -0.15) is 0 Å². The van der Waals surface area contributed by atoms with Gasteiger partial charge in [0.2, 0.25) is 0 Å². The molecule has 1 heterocycles. The minimum Gasteiger partial charge on any atom is -0.335 e. The number of halogens is 1. The fourth-order valence-electron chi connectivity index (χ4n) is 2.13. The van der Waals surface area contributed by atoms with Crippen molar-refractivity contribution >= 4 is 17.4 Å². The maximum atomic E-state index is 12.3. The second-order valence-electron chi connectivity index (χ2n) is 4.60. The van der Waals surface area contributed by atoms with Crippen molar-refractivity contribution in [3.63, 3.8) is 0 Å². The van der Waals surface area contributed by atoms with Crippen molar-refractivity contribution in [2.24, 2.45) is 0 Å². The molecule has 0 aliphatic heterocycles. The largest absolute Gasteiger partial charge is 0.335 e. The third-order valence-electron chi connectivity index (χ3n) is 3.07. The van der Waals surface area contributed by atoms with Crippen molar-refractivity contribution in [3.8, 4) is 0 Å². The summed E-state index contributed by atoms with van der Waals surface area (Å²) in [6.07, 6.45) is 5.01. The number of imidazole rings is 1. The summed E-state index contributed by atoms with van der Waals surface area (Å²) in [6, 6.07) is 5.35. The van der Waals surface area contributed by atoms with Crippen LogP contribution in [0.3, 0.4) is 0 Å². The van der Waals surface area contributed by atoms with E-state index in [0.717, 1.165) is 29.9 Å². The van der Waals surface area contributed by atoms with Crippen molar-refractivity contribution in [2.45, 2.75) is 33.2 Å². The molecule has 0 radical (unpaired) electrons. The summed E-state index contributed by atoms with van der Waals surface area (Å²) in [5.74, 6) is 0.902. The first-order chi connectivity index (χ1) is 9.11. The molecule has 0 saturated heterocycles. The number of nitrogens with zero attached hydrogens (tertiary/aromatic N) is 2. The van der Waals surface area contributed by atoms with Gasteiger partial charge in [-0.3, -0.25) is 4.79 Å². The predicted molar refractivity (Wildman–Crippen MR) is 76.7 cm³/mol. The molecule has 0 aliphatic rings. The first-order valence-corrected chi connectivity index (χ1v) is 6.79. The fraction of sp³-hybridized carbons (Fsp3) is 0.333. The average molecular weight is 277 g/mol. The quantitative estimate of drug-likeness (QED) is 0.781. The van der Waals surface area contributed by atoms with Gasteiger partial charge in [0.15, 0.2) is 5.78 Å². The van der Waals surface area contributed by atoms with Crippen LogP contribution in [-0.2, 0) is 13.0 Å². The zero-order valence-electron chi connectivity index (χ0n) is 11.2. The molecule has 0 saturated carbocycles. The molecule has 0 unspecified atom stereocenters. The molecule has 0 fully saturated rings. The van der Waals surface area contributed by atoms with Crippen molar-refractivity contribution in [1.82, 2.24) is 9.55 Å². The second-order valence-corrected chi connectivity index (χ2v) is 5.03. The second kappa shape index (κ2) is 6.02. The maximum absolute atomic E-state index is 12.3. The number of aryl methyl sites for hydroxylation is 2. The Morgan fingerprint density at radius 3 is 2.89 bits per heavy atom. The molecule has 1 aromatic heterocycles. The number of hydrogen-bond acceptors (Lipinski definition) is 2. The van der Waals surface area contributed by atoms with Gasteiger partial charge in [0.1, 0.15) is 5.82 Å². The Kier molecular flexibility index (Phi) is 4.38. The first kappa shape index (κ1) is 13.8. The van der Waals surface area contributed by atoms with Crippen molar-refractivity contribution in [3.05, 3.63) is 52.6 Å². The van der Waals surface area contributed by atoms with Gasteiger partial charge in [-0.1, -0.05) is 18.5 Å². The molecule has 0 aliphatic carbocycles.